The van der Waals surface area contributed by atoms with Crippen LogP contribution in [-0.2, 0) is 11.0 Å². The monoisotopic (exact) mass is 527 g/mol. The number of hydrogen-bond acceptors (Lipinski definition) is 4. The van der Waals surface area contributed by atoms with Gasteiger partial charge in [0.2, 0.25) is 5.91 Å². The molecule has 37 heavy (non-hydrogen) atoms. The fourth-order valence-electron chi connectivity index (χ4n) is 4.40. The van der Waals surface area contributed by atoms with Crippen LogP contribution in [0.5, 0.6) is 0 Å². The van der Waals surface area contributed by atoms with Crippen molar-refractivity contribution in [1.82, 2.24) is 9.88 Å². The average molecular weight is 528 g/mol. The number of amides is 2. The van der Waals surface area contributed by atoms with E-state index in [0.29, 0.717) is 36.3 Å². The number of anilines is 1. The first-order chi connectivity index (χ1) is 17.8. The number of carbonyl (C=O) groups is 2. The number of hydrogen-bond donors (Lipinski definition) is 1. The summed E-state index contributed by atoms with van der Waals surface area (Å²) in [5.41, 5.74) is 0.768. The third-order valence-electron chi connectivity index (χ3n) is 6.43. The standard InChI is InChI=1S/C28H28F3N3O2S/c1-2-3-4-12-25(35)34-15-13-19(14-16-34)27-33-24(18-37-27)26(36)32-23-11-6-5-10-22(23)20-8-7-9-21(17-20)28(29,30)31/h2,5-11,17-19H,1,3-4,12-16H2,(H,32,36). The quantitative estimate of drug-likeness (QED) is 0.250. The Kier molecular flexibility index (Phi) is 8.43. The van der Waals surface area contributed by atoms with E-state index in [4.69, 9.17) is 0 Å². The first kappa shape index (κ1) is 26.6. The number of thiazole rings is 1. The minimum absolute atomic E-state index is 0.166. The van der Waals surface area contributed by atoms with Gasteiger partial charge in [0, 0.05) is 42.1 Å². The highest BCUT2D eigenvalue weighted by molar-refractivity contribution is 7.10. The van der Waals surface area contributed by atoms with Crippen molar-refractivity contribution in [2.75, 3.05) is 18.4 Å². The zero-order chi connectivity index (χ0) is 26.4. The Labute approximate surface area is 218 Å². The molecule has 3 aromatic rings. The molecule has 2 heterocycles. The molecule has 194 valence electrons. The van der Waals surface area contributed by atoms with Crippen molar-refractivity contribution in [3.05, 3.63) is 82.8 Å². The molecule has 1 N–H and O–H groups in total. The summed E-state index contributed by atoms with van der Waals surface area (Å²) >= 11 is 1.42. The number of alkyl halides is 3. The smallest absolute Gasteiger partial charge is 0.343 e. The lowest BCUT2D eigenvalue weighted by Crippen LogP contribution is -2.37. The van der Waals surface area contributed by atoms with Crippen molar-refractivity contribution in [3.8, 4) is 11.1 Å². The molecule has 0 unspecified atom stereocenters. The van der Waals surface area contributed by atoms with Crippen molar-refractivity contribution < 1.29 is 22.8 Å². The normalized spacial score (nSPS) is 14.4. The molecule has 1 aliphatic heterocycles. The van der Waals surface area contributed by atoms with E-state index in [1.54, 1.807) is 35.7 Å². The second-order valence-electron chi connectivity index (χ2n) is 8.99. The SMILES string of the molecule is C=CCCCC(=O)N1CCC(c2nc(C(=O)Nc3ccccc3-c3cccc(C(F)(F)F)c3)cs2)CC1. The van der Waals surface area contributed by atoms with Gasteiger partial charge in [0.1, 0.15) is 5.69 Å². The predicted octanol–water partition coefficient (Wildman–Crippen LogP) is 7.14. The number of nitrogens with one attached hydrogen (secondary N) is 1. The molecule has 0 radical (unpaired) electrons. The Hall–Kier alpha value is -3.46. The molecule has 5 nitrogen and oxygen atoms in total. The van der Waals surface area contributed by atoms with Gasteiger partial charge >= 0.3 is 6.18 Å². The van der Waals surface area contributed by atoms with E-state index in [2.05, 4.69) is 16.9 Å². The van der Waals surface area contributed by atoms with Gasteiger partial charge in [0.15, 0.2) is 0 Å². The van der Waals surface area contributed by atoms with Gasteiger partial charge in [-0.1, -0.05) is 36.4 Å². The maximum Gasteiger partial charge on any atom is 0.416 e. The summed E-state index contributed by atoms with van der Waals surface area (Å²) in [7, 11) is 0. The van der Waals surface area contributed by atoms with Crippen molar-refractivity contribution in [2.24, 2.45) is 0 Å². The number of nitrogens with zero attached hydrogens (tertiary/aromatic N) is 2. The molecule has 1 fully saturated rings. The number of aromatic nitrogens is 1. The van der Waals surface area contributed by atoms with Gasteiger partial charge in [-0.25, -0.2) is 4.98 Å². The fraction of sp³-hybridized carbons (Fsp3) is 0.321. The van der Waals surface area contributed by atoms with Crippen LogP contribution in [0, 0.1) is 0 Å². The van der Waals surface area contributed by atoms with Gasteiger partial charge in [-0.15, -0.1) is 17.9 Å². The second-order valence-corrected chi connectivity index (χ2v) is 9.87. The molecule has 4 rings (SSSR count). The maximum absolute atomic E-state index is 13.2. The Morgan fingerprint density at radius 1 is 1.14 bits per heavy atom. The second kappa shape index (κ2) is 11.7. The number of allylic oxidation sites excluding steroid dienone is 1. The van der Waals surface area contributed by atoms with Gasteiger partial charge in [-0.3, -0.25) is 9.59 Å². The van der Waals surface area contributed by atoms with Crippen molar-refractivity contribution in [2.45, 2.75) is 44.2 Å². The lowest BCUT2D eigenvalue weighted by atomic mass is 9.97. The van der Waals surface area contributed by atoms with E-state index in [1.807, 2.05) is 11.0 Å². The number of likely N-dealkylation sites (tertiary alicyclic amines) is 1. The summed E-state index contributed by atoms with van der Waals surface area (Å²) in [4.78, 5) is 31.8. The van der Waals surface area contributed by atoms with Crippen molar-refractivity contribution >= 4 is 28.8 Å². The molecule has 0 aliphatic carbocycles. The zero-order valence-corrected chi connectivity index (χ0v) is 21.1. The van der Waals surface area contributed by atoms with E-state index in [1.165, 1.54) is 17.4 Å². The molecule has 1 saturated heterocycles. The molecule has 2 amide bonds. The minimum Gasteiger partial charge on any atom is -0.343 e. The molecule has 0 saturated carbocycles. The molecule has 0 atom stereocenters. The van der Waals surface area contributed by atoms with Crippen LogP contribution >= 0.6 is 11.3 Å². The fourth-order valence-corrected chi connectivity index (χ4v) is 5.38. The Morgan fingerprint density at radius 3 is 2.62 bits per heavy atom. The summed E-state index contributed by atoms with van der Waals surface area (Å²) in [6.07, 6.45) is 1.11. The van der Waals surface area contributed by atoms with Crippen LogP contribution in [0.2, 0.25) is 0 Å². The number of carbonyl (C=O) groups excluding carboxylic acids is 2. The number of unbranched alkanes of at least 4 members (excludes halogenated alkanes) is 1. The molecule has 0 bridgehead atoms. The third kappa shape index (κ3) is 6.65. The molecule has 2 aromatic carbocycles. The van der Waals surface area contributed by atoms with Crippen LogP contribution in [0.4, 0.5) is 18.9 Å². The number of benzene rings is 2. The topological polar surface area (TPSA) is 62.3 Å². The first-order valence-corrected chi connectivity index (χ1v) is 13.1. The largest absolute Gasteiger partial charge is 0.416 e. The van der Waals surface area contributed by atoms with E-state index in [-0.39, 0.29) is 17.5 Å². The predicted molar refractivity (Wildman–Crippen MR) is 140 cm³/mol. The molecule has 0 spiro atoms. The summed E-state index contributed by atoms with van der Waals surface area (Å²) in [6.45, 7) is 5.02. The molecule has 1 aromatic heterocycles. The number of para-hydroxylation sites is 1. The summed E-state index contributed by atoms with van der Waals surface area (Å²) in [5, 5.41) is 5.37. The maximum atomic E-state index is 13.2. The van der Waals surface area contributed by atoms with E-state index in [0.717, 1.165) is 42.8 Å². The Bertz CT molecular complexity index is 1260. The highest BCUT2D eigenvalue weighted by Gasteiger charge is 2.31. The van der Waals surface area contributed by atoms with Gasteiger partial charge in [0.05, 0.1) is 10.6 Å². The highest BCUT2D eigenvalue weighted by atomic mass is 32.1. The van der Waals surface area contributed by atoms with Crippen LogP contribution in [0.25, 0.3) is 11.1 Å². The van der Waals surface area contributed by atoms with Crippen LogP contribution < -0.4 is 5.32 Å². The zero-order valence-electron chi connectivity index (χ0n) is 20.3. The summed E-state index contributed by atoms with van der Waals surface area (Å²) in [5.74, 6) is -0.0723. The summed E-state index contributed by atoms with van der Waals surface area (Å²) in [6, 6.07) is 11.8. The van der Waals surface area contributed by atoms with Gasteiger partial charge in [-0.05, 0) is 49.4 Å². The molecule has 9 heteroatoms. The van der Waals surface area contributed by atoms with Crippen molar-refractivity contribution in [3.63, 3.8) is 0 Å². The van der Waals surface area contributed by atoms with Gasteiger partial charge in [0.25, 0.3) is 5.91 Å². The molecular weight excluding hydrogens is 499 g/mol. The lowest BCUT2D eigenvalue weighted by molar-refractivity contribution is -0.137. The number of rotatable bonds is 8. The molecular formula is C28H28F3N3O2S. The summed E-state index contributed by atoms with van der Waals surface area (Å²) < 4.78 is 39.6. The van der Waals surface area contributed by atoms with E-state index >= 15 is 0 Å². The average Bonchev–Trinajstić information content (AvgIpc) is 3.39. The molecule has 1 aliphatic rings. The van der Waals surface area contributed by atoms with E-state index in [9.17, 15) is 22.8 Å². The van der Waals surface area contributed by atoms with Crippen LogP contribution in [-0.4, -0.2) is 34.8 Å². The Balaban J connectivity index is 1.41. The Morgan fingerprint density at radius 2 is 1.89 bits per heavy atom. The highest BCUT2D eigenvalue weighted by Crippen LogP contribution is 2.35. The number of halogens is 3. The van der Waals surface area contributed by atoms with Crippen molar-refractivity contribution in [1.29, 1.82) is 0 Å². The first-order valence-electron chi connectivity index (χ1n) is 12.2. The van der Waals surface area contributed by atoms with Gasteiger partial charge < -0.3 is 10.2 Å². The third-order valence-corrected chi connectivity index (χ3v) is 7.43. The van der Waals surface area contributed by atoms with Gasteiger partial charge in [-0.2, -0.15) is 13.2 Å². The van der Waals surface area contributed by atoms with Crippen LogP contribution in [0.15, 0.2) is 66.6 Å². The van der Waals surface area contributed by atoms with Crippen LogP contribution in [0.3, 0.4) is 0 Å². The lowest BCUT2D eigenvalue weighted by Gasteiger charge is -2.31. The van der Waals surface area contributed by atoms with E-state index < -0.39 is 17.6 Å². The minimum atomic E-state index is -4.46. The number of piperidine rings is 1. The van der Waals surface area contributed by atoms with Crippen LogP contribution in [0.1, 0.15) is 59.1 Å².